The van der Waals surface area contributed by atoms with Gasteiger partial charge in [0, 0.05) is 11.6 Å². The highest BCUT2D eigenvalue weighted by Crippen LogP contribution is 2.11. The first kappa shape index (κ1) is 13.8. The lowest BCUT2D eigenvalue weighted by molar-refractivity contribution is 0.672. The van der Waals surface area contributed by atoms with E-state index in [0.717, 1.165) is 5.56 Å². The Kier molecular flexibility index (Phi) is 4.69. The Morgan fingerprint density at radius 2 is 1.95 bits per heavy atom. The van der Waals surface area contributed by atoms with Crippen molar-refractivity contribution in [3.05, 3.63) is 64.7 Å². The van der Waals surface area contributed by atoms with Gasteiger partial charge in [0.1, 0.15) is 11.0 Å². The number of nitriles is 1. The van der Waals surface area contributed by atoms with Gasteiger partial charge in [0.15, 0.2) is 0 Å². The minimum Gasteiger partial charge on any atom is -0.237 e. The normalized spacial score (nSPS) is 11.8. The van der Waals surface area contributed by atoms with Crippen molar-refractivity contribution in [1.82, 2.24) is 4.72 Å². The van der Waals surface area contributed by atoms with Gasteiger partial charge in [-0.2, -0.15) is 5.26 Å². The van der Waals surface area contributed by atoms with Crippen LogP contribution in [0, 0.1) is 11.3 Å². The third-order valence-electron chi connectivity index (χ3n) is 2.49. The first-order valence-electron chi connectivity index (χ1n) is 5.59. The summed E-state index contributed by atoms with van der Waals surface area (Å²) in [5.74, 6) is 0. The Hall–Kier alpha value is -1.67. The van der Waals surface area contributed by atoms with E-state index in [1.807, 2.05) is 24.3 Å². The third kappa shape index (κ3) is 3.90. The largest absolute Gasteiger partial charge is 0.237 e. The third-order valence-corrected chi connectivity index (χ3v) is 3.84. The molecule has 0 aliphatic rings. The van der Waals surface area contributed by atoms with Gasteiger partial charge in [-0.25, -0.2) is 8.93 Å². The van der Waals surface area contributed by atoms with Crippen molar-refractivity contribution >= 4 is 22.6 Å². The van der Waals surface area contributed by atoms with Crippen LogP contribution in [-0.2, 0) is 17.5 Å². The number of halogens is 1. The molecular formula is C14H11ClN2OS. The fraction of sp³-hybridized carbons (Fsp3) is 0.0714. The maximum absolute atomic E-state index is 12.0. The number of hydrogen-bond acceptors (Lipinski definition) is 2. The number of hydrogen-bond donors (Lipinski definition) is 1. The van der Waals surface area contributed by atoms with Gasteiger partial charge < -0.3 is 0 Å². The zero-order chi connectivity index (χ0) is 13.7. The van der Waals surface area contributed by atoms with Crippen LogP contribution in [0.4, 0.5) is 0 Å². The van der Waals surface area contributed by atoms with Crippen LogP contribution < -0.4 is 4.72 Å². The Morgan fingerprint density at radius 1 is 1.21 bits per heavy atom. The van der Waals surface area contributed by atoms with Crippen LogP contribution in [0.2, 0.25) is 5.02 Å². The predicted molar refractivity (Wildman–Crippen MR) is 75.9 cm³/mol. The van der Waals surface area contributed by atoms with E-state index in [1.54, 1.807) is 30.3 Å². The monoisotopic (exact) mass is 290 g/mol. The molecule has 5 heteroatoms. The predicted octanol–water partition coefficient (Wildman–Crippen LogP) is 3.02. The second-order valence-electron chi connectivity index (χ2n) is 3.86. The minimum absolute atomic E-state index is 0.465. The fourth-order valence-corrected chi connectivity index (χ4v) is 2.59. The highest BCUT2D eigenvalue weighted by Gasteiger charge is 2.03. The van der Waals surface area contributed by atoms with Crippen molar-refractivity contribution in [2.75, 3.05) is 0 Å². The molecule has 0 aromatic heterocycles. The van der Waals surface area contributed by atoms with Crippen molar-refractivity contribution in [3.63, 3.8) is 0 Å². The lowest BCUT2D eigenvalue weighted by Crippen LogP contribution is -2.16. The Morgan fingerprint density at radius 3 is 2.58 bits per heavy atom. The molecular weight excluding hydrogens is 280 g/mol. The average molecular weight is 291 g/mol. The summed E-state index contributed by atoms with van der Waals surface area (Å²) in [6.07, 6.45) is 0. The lowest BCUT2D eigenvalue weighted by Gasteiger charge is -2.05. The van der Waals surface area contributed by atoms with Gasteiger partial charge in [-0.3, -0.25) is 0 Å². The second-order valence-corrected chi connectivity index (χ2v) is 5.59. The zero-order valence-corrected chi connectivity index (χ0v) is 11.5. The van der Waals surface area contributed by atoms with E-state index >= 15 is 0 Å². The van der Waals surface area contributed by atoms with Crippen molar-refractivity contribution < 1.29 is 4.21 Å². The molecule has 0 amide bonds. The molecule has 1 N–H and O–H groups in total. The smallest absolute Gasteiger partial charge is 0.125 e. The van der Waals surface area contributed by atoms with Crippen molar-refractivity contribution in [3.8, 4) is 6.07 Å². The zero-order valence-electron chi connectivity index (χ0n) is 9.97. The number of nitrogens with one attached hydrogen (secondary N) is 1. The van der Waals surface area contributed by atoms with Crippen molar-refractivity contribution in [2.45, 2.75) is 11.4 Å². The lowest BCUT2D eigenvalue weighted by atomic mass is 10.2. The molecule has 0 saturated heterocycles. The molecule has 0 bridgehead atoms. The summed E-state index contributed by atoms with van der Waals surface area (Å²) in [5.41, 5.74) is 1.52. The van der Waals surface area contributed by atoms with E-state index in [1.165, 1.54) is 0 Å². The van der Waals surface area contributed by atoms with Gasteiger partial charge in [-0.15, -0.1) is 0 Å². The van der Waals surface area contributed by atoms with E-state index < -0.39 is 11.0 Å². The SMILES string of the molecule is N#Cc1ccc(S(=O)NCc2cccc(Cl)c2)cc1. The summed E-state index contributed by atoms with van der Waals surface area (Å²) < 4.78 is 14.9. The molecule has 96 valence electrons. The molecule has 0 spiro atoms. The van der Waals surface area contributed by atoms with E-state index in [9.17, 15) is 4.21 Å². The van der Waals surface area contributed by atoms with Crippen LogP contribution in [0.15, 0.2) is 53.4 Å². The summed E-state index contributed by atoms with van der Waals surface area (Å²) in [5, 5.41) is 9.35. The molecule has 1 atom stereocenters. The number of benzene rings is 2. The molecule has 0 aliphatic heterocycles. The standard InChI is InChI=1S/C14H11ClN2OS/c15-13-3-1-2-12(8-13)10-17-19(18)14-6-4-11(9-16)5-7-14/h1-8,17H,10H2. The molecule has 0 aliphatic carbocycles. The van der Waals surface area contributed by atoms with E-state index in [0.29, 0.717) is 22.0 Å². The molecule has 19 heavy (non-hydrogen) atoms. The molecule has 0 radical (unpaired) electrons. The summed E-state index contributed by atoms with van der Waals surface area (Å²) in [6.45, 7) is 0.465. The number of rotatable bonds is 4. The van der Waals surface area contributed by atoms with Crippen molar-refractivity contribution in [2.24, 2.45) is 0 Å². The second kappa shape index (κ2) is 6.48. The molecule has 2 rings (SSSR count). The number of nitrogens with zero attached hydrogens (tertiary/aromatic N) is 1. The maximum atomic E-state index is 12.0. The molecule has 2 aromatic rings. The summed E-state index contributed by atoms with van der Waals surface area (Å²) in [7, 11) is -1.30. The van der Waals surface area contributed by atoms with E-state index in [-0.39, 0.29) is 0 Å². The quantitative estimate of drug-likeness (QED) is 0.941. The van der Waals surface area contributed by atoms with E-state index in [2.05, 4.69) is 4.72 Å². The molecule has 0 saturated carbocycles. The summed E-state index contributed by atoms with van der Waals surface area (Å²) >= 11 is 5.88. The maximum Gasteiger partial charge on any atom is 0.125 e. The van der Waals surface area contributed by atoms with Gasteiger partial charge >= 0.3 is 0 Å². The van der Waals surface area contributed by atoms with Gasteiger partial charge in [0.05, 0.1) is 16.5 Å². The Balaban J connectivity index is 1.99. The van der Waals surface area contributed by atoms with Crippen LogP contribution in [0.25, 0.3) is 0 Å². The van der Waals surface area contributed by atoms with Crippen LogP contribution in [0.5, 0.6) is 0 Å². The van der Waals surface area contributed by atoms with Crippen molar-refractivity contribution in [1.29, 1.82) is 5.26 Å². The van der Waals surface area contributed by atoms with Crippen LogP contribution in [-0.4, -0.2) is 4.21 Å². The molecule has 0 heterocycles. The van der Waals surface area contributed by atoms with Gasteiger partial charge in [0.2, 0.25) is 0 Å². The highest BCUT2D eigenvalue weighted by atomic mass is 35.5. The minimum atomic E-state index is -1.30. The summed E-state index contributed by atoms with van der Waals surface area (Å²) in [4.78, 5) is 0.640. The topological polar surface area (TPSA) is 52.9 Å². The first-order chi connectivity index (χ1) is 9.19. The van der Waals surface area contributed by atoms with Crippen LogP contribution >= 0.6 is 11.6 Å². The molecule has 3 nitrogen and oxygen atoms in total. The molecule has 0 fully saturated rings. The Bertz CT molecular complexity index is 635. The van der Waals surface area contributed by atoms with Crippen LogP contribution in [0.1, 0.15) is 11.1 Å². The fourth-order valence-electron chi connectivity index (χ4n) is 1.53. The highest BCUT2D eigenvalue weighted by molar-refractivity contribution is 7.83. The summed E-state index contributed by atoms with van der Waals surface area (Å²) in [6, 6.07) is 16.1. The average Bonchev–Trinajstić information content (AvgIpc) is 2.45. The van der Waals surface area contributed by atoms with Gasteiger partial charge in [-0.1, -0.05) is 23.7 Å². The molecule has 2 aromatic carbocycles. The van der Waals surface area contributed by atoms with Gasteiger partial charge in [-0.05, 0) is 42.0 Å². The van der Waals surface area contributed by atoms with Crippen LogP contribution in [0.3, 0.4) is 0 Å². The van der Waals surface area contributed by atoms with Gasteiger partial charge in [0.25, 0.3) is 0 Å². The first-order valence-corrected chi connectivity index (χ1v) is 7.12. The molecule has 1 unspecified atom stereocenters. The Labute approximate surface area is 119 Å². The van der Waals surface area contributed by atoms with E-state index in [4.69, 9.17) is 16.9 Å².